The summed E-state index contributed by atoms with van der Waals surface area (Å²) in [4.78, 5) is 13.1. The fourth-order valence-corrected chi connectivity index (χ4v) is 5.96. The molecule has 0 saturated heterocycles. The number of carbonyl (C=O) groups is 1. The van der Waals surface area contributed by atoms with Crippen LogP contribution in [0.1, 0.15) is 45.2 Å². The first-order valence-corrected chi connectivity index (χ1v) is 12.3. The third kappa shape index (κ3) is 4.04. The molecule has 0 amide bonds. The number of furan rings is 1. The van der Waals surface area contributed by atoms with Crippen molar-refractivity contribution in [2.24, 2.45) is 0 Å². The van der Waals surface area contributed by atoms with Crippen molar-refractivity contribution in [1.82, 2.24) is 0 Å². The molecule has 0 aliphatic heterocycles. The van der Waals surface area contributed by atoms with Crippen molar-refractivity contribution >= 4 is 27.6 Å². The van der Waals surface area contributed by atoms with Crippen LogP contribution < -0.4 is 0 Å². The van der Waals surface area contributed by atoms with E-state index < -0.39 is 21.1 Å². The summed E-state index contributed by atoms with van der Waals surface area (Å²) in [6, 6.07) is 15.7. The van der Waals surface area contributed by atoms with Gasteiger partial charge in [-0.2, -0.15) is 0 Å². The standard InChI is InChI=1S/C23H24O5S2/c1-5-18-19(23(24)27-3)21(29-4)20(28-18)22(16-9-7-6-8-10-16)30(25,26)17-13-11-15(2)12-14-17/h6-14,22H,5H2,1-4H3. The molecule has 0 radical (unpaired) electrons. The van der Waals surface area contributed by atoms with Gasteiger partial charge in [0.05, 0.1) is 16.9 Å². The summed E-state index contributed by atoms with van der Waals surface area (Å²) >= 11 is 1.28. The third-order valence-corrected chi connectivity index (χ3v) is 7.73. The Morgan fingerprint density at radius 3 is 2.27 bits per heavy atom. The number of hydrogen-bond acceptors (Lipinski definition) is 6. The quantitative estimate of drug-likeness (QED) is 0.367. The molecular formula is C23H24O5S2. The lowest BCUT2D eigenvalue weighted by Crippen LogP contribution is -2.16. The van der Waals surface area contributed by atoms with Crippen LogP contribution in [0.3, 0.4) is 0 Å². The van der Waals surface area contributed by atoms with E-state index in [1.165, 1.54) is 18.9 Å². The number of hydrogen-bond donors (Lipinski definition) is 0. The highest BCUT2D eigenvalue weighted by atomic mass is 32.2. The molecule has 5 nitrogen and oxygen atoms in total. The van der Waals surface area contributed by atoms with Crippen LogP contribution in [0.4, 0.5) is 0 Å². The average Bonchev–Trinajstić information content (AvgIpc) is 3.12. The minimum atomic E-state index is -3.86. The number of carbonyl (C=O) groups excluding carboxylic acids is 1. The number of thioether (sulfide) groups is 1. The monoisotopic (exact) mass is 444 g/mol. The lowest BCUT2D eigenvalue weighted by molar-refractivity contribution is 0.0594. The highest BCUT2D eigenvalue weighted by Crippen LogP contribution is 2.43. The average molecular weight is 445 g/mol. The van der Waals surface area contributed by atoms with Crippen molar-refractivity contribution in [2.45, 2.75) is 35.3 Å². The Bertz CT molecular complexity index is 1130. The molecule has 0 saturated carbocycles. The zero-order valence-corrected chi connectivity index (χ0v) is 19.0. The SMILES string of the molecule is CCc1oc(C(c2ccccc2)S(=O)(=O)c2ccc(C)cc2)c(SC)c1C(=O)OC. The summed E-state index contributed by atoms with van der Waals surface area (Å²) < 4.78 is 38.5. The molecule has 0 aliphatic rings. The van der Waals surface area contributed by atoms with Crippen molar-refractivity contribution in [3.63, 3.8) is 0 Å². The lowest BCUT2D eigenvalue weighted by Gasteiger charge is -2.18. The third-order valence-electron chi connectivity index (χ3n) is 4.88. The first-order valence-electron chi connectivity index (χ1n) is 9.48. The van der Waals surface area contributed by atoms with Gasteiger partial charge in [-0.15, -0.1) is 11.8 Å². The van der Waals surface area contributed by atoms with Crippen molar-refractivity contribution in [3.05, 3.63) is 82.8 Å². The van der Waals surface area contributed by atoms with E-state index in [1.807, 2.05) is 19.9 Å². The molecule has 158 valence electrons. The Kier molecular flexibility index (Phi) is 6.73. The fourth-order valence-electron chi connectivity index (χ4n) is 3.38. The molecule has 3 rings (SSSR count). The van der Waals surface area contributed by atoms with E-state index in [9.17, 15) is 13.2 Å². The van der Waals surface area contributed by atoms with Crippen molar-refractivity contribution < 1.29 is 22.4 Å². The Balaban J connectivity index is 2.31. The van der Waals surface area contributed by atoms with Crippen LogP contribution >= 0.6 is 11.8 Å². The van der Waals surface area contributed by atoms with Crippen LogP contribution in [0.2, 0.25) is 0 Å². The number of benzene rings is 2. The highest BCUT2D eigenvalue weighted by molar-refractivity contribution is 7.98. The highest BCUT2D eigenvalue weighted by Gasteiger charge is 2.38. The molecule has 0 bridgehead atoms. The zero-order valence-electron chi connectivity index (χ0n) is 17.3. The van der Waals surface area contributed by atoms with Crippen LogP contribution in [0, 0.1) is 6.92 Å². The van der Waals surface area contributed by atoms with Crippen LogP contribution in [0.15, 0.2) is 68.8 Å². The Morgan fingerprint density at radius 1 is 1.10 bits per heavy atom. The maximum atomic E-state index is 13.8. The molecule has 3 aromatic rings. The molecule has 1 heterocycles. The summed E-state index contributed by atoms with van der Waals surface area (Å²) in [5.74, 6) is 0.124. The summed E-state index contributed by atoms with van der Waals surface area (Å²) in [5.41, 5.74) is 1.83. The first kappa shape index (κ1) is 22.2. The van der Waals surface area contributed by atoms with Gasteiger partial charge in [-0.1, -0.05) is 55.0 Å². The van der Waals surface area contributed by atoms with Gasteiger partial charge in [-0.3, -0.25) is 0 Å². The van der Waals surface area contributed by atoms with Crippen LogP contribution in [-0.2, 0) is 21.0 Å². The normalized spacial score (nSPS) is 12.5. The smallest absolute Gasteiger partial charge is 0.342 e. The second kappa shape index (κ2) is 9.10. The maximum Gasteiger partial charge on any atom is 0.342 e. The number of sulfone groups is 1. The number of methoxy groups -OCH3 is 1. The summed E-state index contributed by atoms with van der Waals surface area (Å²) in [7, 11) is -2.56. The van der Waals surface area contributed by atoms with Crippen molar-refractivity contribution in [2.75, 3.05) is 13.4 Å². The molecule has 30 heavy (non-hydrogen) atoms. The van der Waals surface area contributed by atoms with Gasteiger partial charge in [0.15, 0.2) is 9.84 Å². The van der Waals surface area contributed by atoms with Gasteiger partial charge in [-0.05, 0) is 30.9 Å². The van der Waals surface area contributed by atoms with E-state index in [1.54, 1.807) is 54.8 Å². The van der Waals surface area contributed by atoms with Crippen LogP contribution in [0.25, 0.3) is 0 Å². The van der Waals surface area contributed by atoms with E-state index in [-0.39, 0.29) is 10.7 Å². The van der Waals surface area contributed by atoms with E-state index >= 15 is 0 Å². The zero-order chi connectivity index (χ0) is 21.9. The summed E-state index contributed by atoms with van der Waals surface area (Å²) in [6.07, 6.45) is 2.23. The van der Waals surface area contributed by atoms with E-state index in [4.69, 9.17) is 9.15 Å². The Labute approximate surface area is 181 Å². The van der Waals surface area contributed by atoms with E-state index in [2.05, 4.69) is 0 Å². The van der Waals surface area contributed by atoms with Gasteiger partial charge in [0.1, 0.15) is 22.3 Å². The number of rotatable bonds is 7. The molecule has 1 aromatic heterocycles. The van der Waals surface area contributed by atoms with Gasteiger partial charge < -0.3 is 9.15 Å². The molecule has 2 aromatic carbocycles. The van der Waals surface area contributed by atoms with Gasteiger partial charge in [-0.25, -0.2) is 13.2 Å². The number of aryl methyl sites for hydroxylation is 2. The summed E-state index contributed by atoms with van der Waals surface area (Å²) in [6.45, 7) is 3.75. The first-order chi connectivity index (χ1) is 14.3. The summed E-state index contributed by atoms with van der Waals surface area (Å²) in [5, 5.41) is -1.09. The van der Waals surface area contributed by atoms with E-state index in [0.29, 0.717) is 28.2 Å². The minimum absolute atomic E-state index is 0.197. The topological polar surface area (TPSA) is 73.6 Å². The van der Waals surface area contributed by atoms with Gasteiger partial charge in [0.25, 0.3) is 0 Å². The molecule has 1 atom stereocenters. The molecule has 0 fully saturated rings. The van der Waals surface area contributed by atoms with Gasteiger partial charge >= 0.3 is 5.97 Å². The molecule has 0 N–H and O–H groups in total. The molecule has 1 unspecified atom stereocenters. The Morgan fingerprint density at radius 2 is 1.73 bits per heavy atom. The van der Waals surface area contributed by atoms with Gasteiger partial charge in [0, 0.05) is 6.42 Å². The second-order valence-electron chi connectivity index (χ2n) is 6.79. The predicted octanol–water partition coefficient (Wildman–Crippen LogP) is 5.22. The Hall–Kier alpha value is -2.51. The molecule has 0 aliphatic carbocycles. The second-order valence-corrected chi connectivity index (χ2v) is 9.64. The lowest BCUT2D eigenvalue weighted by atomic mass is 10.1. The minimum Gasteiger partial charge on any atom is -0.465 e. The van der Waals surface area contributed by atoms with E-state index in [0.717, 1.165) is 5.56 Å². The van der Waals surface area contributed by atoms with Crippen molar-refractivity contribution in [3.8, 4) is 0 Å². The fraction of sp³-hybridized carbons (Fsp3) is 0.261. The van der Waals surface area contributed by atoms with Crippen LogP contribution in [0.5, 0.6) is 0 Å². The molecule has 0 spiro atoms. The number of esters is 1. The number of ether oxygens (including phenoxy) is 1. The van der Waals surface area contributed by atoms with Crippen molar-refractivity contribution in [1.29, 1.82) is 0 Å². The van der Waals surface area contributed by atoms with Gasteiger partial charge in [0.2, 0.25) is 0 Å². The predicted molar refractivity (Wildman–Crippen MR) is 118 cm³/mol. The maximum absolute atomic E-state index is 13.8. The molecular weight excluding hydrogens is 420 g/mol. The largest absolute Gasteiger partial charge is 0.465 e. The van der Waals surface area contributed by atoms with Crippen LogP contribution in [-0.4, -0.2) is 27.8 Å². The molecule has 7 heteroatoms.